The Hall–Kier alpha value is -2.63. The molecule has 24 heavy (non-hydrogen) atoms. The fourth-order valence-corrected chi connectivity index (χ4v) is 3.46. The number of H-pyrrole nitrogens is 1. The molecule has 1 aromatic heterocycles. The number of carboxylic acid groups (broad SMARTS) is 1. The van der Waals surface area contributed by atoms with Gasteiger partial charge in [0.1, 0.15) is 5.69 Å². The van der Waals surface area contributed by atoms with Crippen molar-refractivity contribution in [2.24, 2.45) is 0 Å². The minimum Gasteiger partial charge on any atom is -0.478 e. The van der Waals surface area contributed by atoms with Crippen LogP contribution in [0.2, 0.25) is 0 Å². The molecular formula is C18H19N3O3. The lowest BCUT2D eigenvalue weighted by molar-refractivity contribution is 0.0695. The Morgan fingerprint density at radius 3 is 2.71 bits per heavy atom. The number of likely N-dealkylation sites (tertiary alicyclic amines) is 1. The molecule has 1 unspecified atom stereocenters. The van der Waals surface area contributed by atoms with Crippen molar-refractivity contribution in [1.82, 2.24) is 15.1 Å². The quantitative estimate of drug-likeness (QED) is 0.905. The Balaban J connectivity index is 1.49. The van der Waals surface area contributed by atoms with Crippen LogP contribution in [0.4, 0.5) is 0 Å². The van der Waals surface area contributed by atoms with E-state index in [-0.39, 0.29) is 11.8 Å². The van der Waals surface area contributed by atoms with E-state index in [9.17, 15) is 14.7 Å². The number of benzene rings is 1. The highest BCUT2D eigenvalue weighted by Crippen LogP contribution is 2.39. The normalized spacial score (nSPS) is 20.3. The first-order chi connectivity index (χ1) is 11.6. The summed E-state index contributed by atoms with van der Waals surface area (Å²) in [6, 6.07) is 8.91. The molecule has 1 atom stereocenters. The van der Waals surface area contributed by atoms with Crippen molar-refractivity contribution >= 4 is 11.9 Å². The predicted octanol–water partition coefficient (Wildman–Crippen LogP) is 2.62. The zero-order valence-electron chi connectivity index (χ0n) is 13.2. The van der Waals surface area contributed by atoms with Crippen molar-refractivity contribution in [3.05, 3.63) is 52.8 Å². The van der Waals surface area contributed by atoms with Gasteiger partial charge in [0.05, 0.1) is 5.56 Å². The number of hydrogen-bond donors (Lipinski definition) is 2. The third-order valence-electron chi connectivity index (χ3n) is 4.94. The van der Waals surface area contributed by atoms with Gasteiger partial charge in [0.2, 0.25) is 0 Å². The van der Waals surface area contributed by atoms with Gasteiger partial charge in [-0.15, -0.1) is 0 Å². The van der Waals surface area contributed by atoms with Crippen LogP contribution in [-0.4, -0.2) is 45.2 Å². The maximum Gasteiger partial charge on any atom is 0.335 e. The van der Waals surface area contributed by atoms with E-state index in [0.717, 1.165) is 30.5 Å². The molecule has 1 amide bonds. The number of aromatic nitrogens is 2. The number of carboxylic acids is 1. The van der Waals surface area contributed by atoms with E-state index in [1.165, 1.54) is 0 Å². The van der Waals surface area contributed by atoms with Crippen molar-refractivity contribution in [1.29, 1.82) is 0 Å². The lowest BCUT2D eigenvalue weighted by Crippen LogP contribution is -2.28. The molecule has 6 nitrogen and oxygen atoms in total. The van der Waals surface area contributed by atoms with Crippen LogP contribution < -0.4 is 0 Å². The zero-order valence-corrected chi connectivity index (χ0v) is 13.2. The Morgan fingerprint density at radius 2 is 1.96 bits per heavy atom. The average molecular weight is 325 g/mol. The molecule has 0 radical (unpaired) electrons. The lowest BCUT2D eigenvalue weighted by Gasteiger charge is -2.16. The first-order valence-electron chi connectivity index (χ1n) is 8.30. The van der Waals surface area contributed by atoms with Crippen LogP contribution in [0.1, 0.15) is 63.2 Å². The largest absolute Gasteiger partial charge is 0.478 e. The highest BCUT2D eigenvalue weighted by atomic mass is 16.4. The molecule has 2 N–H and O–H groups in total. The van der Waals surface area contributed by atoms with Gasteiger partial charge in [-0.2, -0.15) is 5.10 Å². The molecule has 2 fully saturated rings. The average Bonchev–Trinajstić information content (AvgIpc) is 3.13. The second kappa shape index (κ2) is 5.78. The smallest absolute Gasteiger partial charge is 0.335 e. The third kappa shape index (κ3) is 2.68. The summed E-state index contributed by atoms with van der Waals surface area (Å²) in [4.78, 5) is 25.8. The summed E-state index contributed by atoms with van der Waals surface area (Å²) in [6.45, 7) is 1.16. The fraction of sp³-hybridized carbons (Fsp3) is 0.389. The van der Waals surface area contributed by atoms with E-state index >= 15 is 0 Å². The van der Waals surface area contributed by atoms with Crippen LogP contribution in [0.5, 0.6) is 0 Å². The summed E-state index contributed by atoms with van der Waals surface area (Å²) in [6.07, 6.45) is 3.09. The van der Waals surface area contributed by atoms with E-state index in [0.29, 0.717) is 30.3 Å². The standard InChI is InChI=1S/C18H19N3O3/c22-17(16-9-15(19-20-16)11-5-6-11)21-8-7-12(10-21)13-3-1-2-4-14(13)18(23)24/h1-4,9,11-12H,5-8,10H2,(H,19,20)(H,23,24). The first-order valence-corrected chi connectivity index (χ1v) is 8.30. The summed E-state index contributed by atoms with van der Waals surface area (Å²) >= 11 is 0. The molecule has 2 heterocycles. The molecule has 124 valence electrons. The summed E-state index contributed by atoms with van der Waals surface area (Å²) in [5, 5.41) is 16.5. The minimum atomic E-state index is -0.920. The second-order valence-corrected chi connectivity index (χ2v) is 6.61. The van der Waals surface area contributed by atoms with E-state index in [1.54, 1.807) is 17.0 Å². The number of amides is 1. The summed E-state index contributed by atoms with van der Waals surface area (Å²) in [7, 11) is 0. The molecule has 1 aliphatic heterocycles. The van der Waals surface area contributed by atoms with Crippen molar-refractivity contribution < 1.29 is 14.7 Å². The number of aromatic amines is 1. The van der Waals surface area contributed by atoms with Crippen LogP contribution in [0.15, 0.2) is 30.3 Å². The second-order valence-electron chi connectivity index (χ2n) is 6.61. The number of carbonyl (C=O) groups is 2. The van der Waals surface area contributed by atoms with Crippen molar-refractivity contribution in [3.8, 4) is 0 Å². The van der Waals surface area contributed by atoms with E-state index in [2.05, 4.69) is 10.2 Å². The van der Waals surface area contributed by atoms with Gasteiger partial charge in [0, 0.05) is 30.6 Å². The molecule has 4 rings (SSSR count). The first kappa shape index (κ1) is 14.9. The third-order valence-corrected chi connectivity index (χ3v) is 4.94. The van der Waals surface area contributed by atoms with Gasteiger partial charge < -0.3 is 10.0 Å². The molecular weight excluding hydrogens is 306 g/mol. The van der Waals surface area contributed by atoms with Gasteiger partial charge in [-0.3, -0.25) is 9.89 Å². The maximum atomic E-state index is 12.6. The molecule has 0 spiro atoms. The molecule has 1 aromatic carbocycles. The minimum absolute atomic E-state index is 0.0584. The van der Waals surface area contributed by atoms with Gasteiger partial charge >= 0.3 is 5.97 Å². The zero-order chi connectivity index (χ0) is 16.7. The number of aromatic carboxylic acids is 1. The van der Waals surface area contributed by atoms with Crippen LogP contribution in [0, 0.1) is 0 Å². The van der Waals surface area contributed by atoms with Crippen LogP contribution in [0.3, 0.4) is 0 Å². The highest BCUT2D eigenvalue weighted by Gasteiger charge is 2.32. The molecule has 0 bridgehead atoms. The maximum absolute atomic E-state index is 12.6. The van der Waals surface area contributed by atoms with Crippen molar-refractivity contribution in [2.75, 3.05) is 13.1 Å². The summed E-state index contributed by atoms with van der Waals surface area (Å²) < 4.78 is 0. The lowest BCUT2D eigenvalue weighted by atomic mass is 9.93. The predicted molar refractivity (Wildman–Crippen MR) is 87.2 cm³/mol. The molecule has 6 heteroatoms. The van der Waals surface area contributed by atoms with Gasteiger partial charge in [0.15, 0.2) is 0 Å². The van der Waals surface area contributed by atoms with Crippen molar-refractivity contribution in [3.63, 3.8) is 0 Å². The molecule has 2 aliphatic rings. The topological polar surface area (TPSA) is 86.3 Å². The Labute approximate surface area is 139 Å². The van der Waals surface area contributed by atoms with Crippen LogP contribution >= 0.6 is 0 Å². The van der Waals surface area contributed by atoms with Gasteiger partial charge in [-0.1, -0.05) is 18.2 Å². The van der Waals surface area contributed by atoms with Crippen LogP contribution in [0.25, 0.3) is 0 Å². The number of nitrogens with one attached hydrogen (secondary N) is 1. The summed E-state index contributed by atoms with van der Waals surface area (Å²) in [5.41, 5.74) is 2.64. The summed E-state index contributed by atoms with van der Waals surface area (Å²) in [5.74, 6) is -0.402. The van der Waals surface area contributed by atoms with Gasteiger partial charge in [-0.25, -0.2) is 4.79 Å². The number of hydrogen-bond acceptors (Lipinski definition) is 3. The number of nitrogens with zero attached hydrogens (tertiary/aromatic N) is 2. The monoisotopic (exact) mass is 325 g/mol. The Kier molecular flexibility index (Phi) is 3.59. The molecule has 1 saturated carbocycles. The molecule has 1 aliphatic carbocycles. The molecule has 1 saturated heterocycles. The Bertz CT molecular complexity index is 794. The van der Waals surface area contributed by atoms with Gasteiger partial charge in [0.25, 0.3) is 5.91 Å². The molecule has 2 aromatic rings. The highest BCUT2D eigenvalue weighted by molar-refractivity contribution is 5.93. The Morgan fingerprint density at radius 1 is 1.17 bits per heavy atom. The van der Waals surface area contributed by atoms with E-state index in [1.807, 2.05) is 18.2 Å². The van der Waals surface area contributed by atoms with E-state index < -0.39 is 5.97 Å². The van der Waals surface area contributed by atoms with E-state index in [4.69, 9.17) is 0 Å². The number of carbonyl (C=O) groups excluding carboxylic acids is 1. The van der Waals surface area contributed by atoms with Gasteiger partial charge in [-0.05, 0) is 37.0 Å². The number of rotatable bonds is 4. The SMILES string of the molecule is O=C(O)c1ccccc1C1CCN(C(=O)c2cc(C3CC3)[nH]n2)C1. The fourth-order valence-electron chi connectivity index (χ4n) is 3.46. The van der Waals surface area contributed by atoms with Crippen molar-refractivity contribution in [2.45, 2.75) is 31.1 Å². The van der Waals surface area contributed by atoms with Crippen LogP contribution in [-0.2, 0) is 0 Å².